The molecule has 0 aliphatic heterocycles. The first-order valence-electron chi connectivity index (χ1n) is 5.46. The molecule has 0 aliphatic rings. The number of halogens is 2. The van der Waals surface area contributed by atoms with Crippen LogP contribution in [0.1, 0.15) is 15.9 Å². The minimum atomic E-state index is -0.345. The van der Waals surface area contributed by atoms with Gasteiger partial charge in [0, 0.05) is 6.20 Å². The molecular weight excluding hydrogens is 285 g/mol. The molecule has 0 bridgehead atoms. The van der Waals surface area contributed by atoms with Crippen molar-refractivity contribution in [1.82, 2.24) is 4.98 Å². The first-order chi connectivity index (χ1) is 8.97. The van der Waals surface area contributed by atoms with Crippen LogP contribution in [0.3, 0.4) is 0 Å². The number of anilines is 2. The highest BCUT2D eigenvalue weighted by Crippen LogP contribution is 2.24. The molecule has 2 aromatic rings. The lowest BCUT2D eigenvalue weighted by atomic mass is 10.2. The van der Waals surface area contributed by atoms with Gasteiger partial charge in [0.05, 0.1) is 21.3 Å². The molecule has 0 saturated carbocycles. The normalized spacial score (nSPS) is 10.3. The van der Waals surface area contributed by atoms with Crippen LogP contribution in [-0.2, 0) is 0 Å². The average molecular weight is 296 g/mol. The fraction of sp³-hybridized carbons (Fsp3) is 0.0769. The van der Waals surface area contributed by atoms with Gasteiger partial charge in [0.15, 0.2) is 0 Å². The summed E-state index contributed by atoms with van der Waals surface area (Å²) >= 11 is 11.8. The molecule has 1 amide bonds. The number of aryl methyl sites for hydroxylation is 1. The second-order valence-corrected chi connectivity index (χ2v) is 4.84. The Hall–Kier alpha value is -1.78. The summed E-state index contributed by atoms with van der Waals surface area (Å²) in [4.78, 5) is 15.9. The van der Waals surface area contributed by atoms with Gasteiger partial charge in [0.1, 0.15) is 5.82 Å². The Kier molecular flexibility index (Phi) is 3.93. The molecule has 1 heterocycles. The number of pyridine rings is 1. The lowest BCUT2D eigenvalue weighted by Crippen LogP contribution is -2.13. The third-order valence-corrected chi connectivity index (χ3v) is 3.13. The topological polar surface area (TPSA) is 68.0 Å². The van der Waals surface area contributed by atoms with Gasteiger partial charge in [-0.2, -0.15) is 0 Å². The second kappa shape index (κ2) is 5.47. The van der Waals surface area contributed by atoms with Crippen molar-refractivity contribution in [2.24, 2.45) is 0 Å². The zero-order chi connectivity index (χ0) is 14.0. The number of carbonyl (C=O) groups excluding carboxylic acids is 1. The molecular formula is C13H11Cl2N3O. The molecule has 19 heavy (non-hydrogen) atoms. The van der Waals surface area contributed by atoms with Crippen molar-refractivity contribution in [3.63, 3.8) is 0 Å². The van der Waals surface area contributed by atoms with Crippen molar-refractivity contribution >= 4 is 40.6 Å². The standard InChI is InChI=1S/C13H11Cl2N3O/c1-7-2-3-9(14)11(4-7)18-13(19)8-5-10(15)12(16)17-6-8/h2-6H,1H3,(H2,16,17)(H,18,19). The van der Waals surface area contributed by atoms with Crippen LogP contribution in [0.15, 0.2) is 30.5 Å². The molecule has 0 aliphatic carbocycles. The number of rotatable bonds is 2. The number of hydrogen-bond acceptors (Lipinski definition) is 3. The van der Waals surface area contributed by atoms with Crippen LogP contribution in [0.5, 0.6) is 0 Å². The van der Waals surface area contributed by atoms with Gasteiger partial charge in [-0.3, -0.25) is 4.79 Å². The number of nitrogens with zero attached hydrogens (tertiary/aromatic N) is 1. The summed E-state index contributed by atoms with van der Waals surface area (Å²) in [6.45, 7) is 1.91. The molecule has 0 atom stereocenters. The number of amides is 1. The fourth-order valence-corrected chi connectivity index (χ4v) is 1.83. The molecule has 6 heteroatoms. The van der Waals surface area contributed by atoms with Gasteiger partial charge in [-0.05, 0) is 30.7 Å². The SMILES string of the molecule is Cc1ccc(Cl)c(NC(=O)c2cnc(N)c(Cl)c2)c1. The smallest absolute Gasteiger partial charge is 0.257 e. The fourth-order valence-electron chi connectivity index (χ4n) is 1.50. The van der Waals surface area contributed by atoms with Gasteiger partial charge in [0.2, 0.25) is 0 Å². The summed E-state index contributed by atoms with van der Waals surface area (Å²) in [5, 5.41) is 3.41. The van der Waals surface area contributed by atoms with Crippen LogP contribution in [-0.4, -0.2) is 10.9 Å². The maximum atomic E-state index is 12.0. The summed E-state index contributed by atoms with van der Waals surface area (Å²) in [5.41, 5.74) is 7.34. The zero-order valence-electron chi connectivity index (χ0n) is 10.1. The molecule has 98 valence electrons. The summed E-state index contributed by atoms with van der Waals surface area (Å²) in [6, 6.07) is 6.83. The highest BCUT2D eigenvalue weighted by Gasteiger charge is 2.11. The number of hydrogen-bond donors (Lipinski definition) is 2. The Morgan fingerprint density at radius 1 is 1.26 bits per heavy atom. The van der Waals surface area contributed by atoms with Crippen molar-refractivity contribution in [2.75, 3.05) is 11.1 Å². The van der Waals surface area contributed by atoms with E-state index in [1.807, 2.05) is 13.0 Å². The van der Waals surface area contributed by atoms with Crippen molar-refractivity contribution in [1.29, 1.82) is 0 Å². The lowest BCUT2D eigenvalue weighted by molar-refractivity contribution is 0.102. The van der Waals surface area contributed by atoms with E-state index in [4.69, 9.17) is 28.9 Å². The van der Waals surface area contributed by atoms with Crippen molar-refractivity contribution in [3.8, 4) is 0 Å². The Morgan fingerprint density at radius 2 is 2.00 bits per heavy atom. The average Bonchev–Trinajstić information content (AvgIpc) is 2.37. The minimum Gasteiger partial charge on any atom is -0.382 e. The Labute approximate surface area is 120 Å². The summed E-state index contributed by atoms with van der Waals surface area (Å²) in [7, 11) is 0. The predicted molar refractivity (Wildman–Crippen MR) is 77.8 cm³/mol. The van der Waals surface area contributed by atoms with E-state index >= 15 is 0 Å². The Balaban J connectivity index is 2.25. The number of aromatic nitrogens is 1. The van der Waals surface area contributed by atoms with E-state index in [1.54, 1.807) is 12.1 Å². The molecule has 2 rings (SSSR count). The first kappa shape index (κ1) is 13.6. The summed E-state index contributed by atoms with van der Waals surface area (Å²) in [5.74, 6) is -0.159. The Bertz CT molecular complexity index is 644. The van der Waals surface area contributed by atoms with Gasteiger partial charge in [-0.15, -0.1) is 0 Å². The van der Waals surface area contributed by atoms with E-state index in [0.717, 1.165) is 5.56 Å². The van der Waals surface area contributed by atoms with Gasteiger partial charge >= 0.3 is 0 Å². The van der Waals surface area contributed by atoms with E-state index in [1.165, 1.54) is 12.3 Å². The van der Waals surface area contributed by atoms with Crippen molar-refractivity contribution in [3.05, 3.63) is 51.6 Å². The number of nitrogens with two attached hydrogens (primary N) is 1. The maximum Gasteiger partial charge on any atom is 0.257 e. The molecule has 1 aromatic heterocycles. The molecule has 4 nitrogen and oxygen atoms in total. The molecule has 0 fully saturated rings. The quantitative estimate of drug-likeness (QED) is 0.890. The highest BCUT2D eigenvalue weighted by atomic mass is 35.5. The molecule has 0 saturated heterocycles. The summed E-state index contributed by atoms with van der Waals surface area (Å²) in [6.07, 6.45) is 1.36. The highest BCUT2D eigenvalue weighted by molar-refractivity contribution is 6.34. The van der Waals surface area contributed by atoms with Crippen molar-refractivity contribution < 1.29 is 4.79 Å². The van der Waals surface area contributed by atoms with Crippen molar-refractivity contribution in [2.45, 2.75) is 6.92 Å². The third kappa shape index (κ3) is 3.16. The maximum absolute atomic E-state index is 12.0. The molecule has 0 unspecified atom stereocenters. The van der Waals surface area contributed by atoms with Crippen LogP contribution < -0.4 is 11.1 Å². The molecule has 1 aromatic carbocycles. The number of nitrogens with one attached hydrogen (secondary N) is 1. The van der Waals surface area contributed by atoms with E-state index < -0.39 is 0 Å². The lowest BCUT2D eigenvalue weighted by Gasteiger charge is -2.08. The van der Waals surface area contributed by atoms with Crippen LogP contribution in [0.25, 0.3) is 0 Å². The first-order valence-corrected chi connectivity index (χ1v) is 6.21. The van der Waals surface area contributed by atoms with Gasteiger partial charge in [0.25, 0.3) is 5.91 Å². The van der Waals surface area contributed by atoms with Gasteiger partial charge in [-0.25, -0.2) is 4.98 Å². The monoisotopic (exact) mass is 295 g/mol. The third-order valence-electron chi connectivity index (χ3n) is 2.50. The molecule has 3 N–H and O–H groups in total. The van der Waals surface area contributed by atoms with Crippen LogP contribution in [0.4, 0.5) is 11.5 Å². The summed E-state index contributed by atoms with van der Waals surface area (Å²) < 4.78 is 0. The molecule has 0 spiro atoms. The predicted octanol–water partition coefficient (Wildman–Crippen LogP) is 3.53. The minimum absolute atomic E-state index is 0.187. The Morgan fingerprint density at radius 3 is 2.68 bits per heavy atom. The van der Waals surface area contributed by atoms with E-state index in [2.05, 4.69) is 10.3 Å². The number of carbonyl (C=O) groups is 1. The van der Waals surface area contributed by atoms with E-state index in [0.29, 0.717) is 16.3 Å². The number of nitrogen functional groups attached to an aromatic ring is 1. The van der Waals surface area contributed by atoms with E-state index in [-0.39, 0.29) is 16.7 Å². The van der Waals surface area contributed by atoms with Gasteiger partial charge < -0.3 is 11.1 Å². The van der Waals surface area contributed by atoms with Crippen LogP contribution >= 0.6 is 23.2 Å². The molecule has 0 radical (unpaired) electrons. The van der Waals surface area contributed by atoms with Crippen LogP contribution in [0, 0.1) is 6.92 Å². The van der Waals surface area contributed by atoms with Crippen LogP contribution in [0.2, 0.25) is 10.0 Å². The zero-order valence-corrected chi connectivity index (χ0v) is 11.6. The van der Waals surface area contributed by atoms with Gasteiger partial charge in [-0.1, -0.05) is 29.3 Å². The largest absolute Gasteiger partial charge is 0.382 e. The van der Waals surface area contributed by atoms with E-state index in [9.17, 15) is 4.79 Å². The number of benzene rings is 1. The second-order valence-electron chi connectivity index (χ2n) is 4.03.